The van der Waals surface area contributed by atoms with E-state index in [4.69, 9.17) is 0 Å². The first-order valence-corrected chi connectivity index (χ1v) is 7.18. The van der Waals surface area contributed by atoms with Crippen LogP contribution in [0.1, 0.15) is 20.8 Å². The molecule has 1 aliphatic rings. The monoisotopic (exact) mass is 271 g/mol. The van der Waals surface area contributed by atoms with Gasteiger partial charge in [0, 0.05) is 0 Å². The van der Waals surface area contributed by atoms with Crippen LogP contribution in [-0.4, -0.2) is 40.5 Å². The minimum Gasteiger partial charge on any atom is -0.412 e. The lowest BCUT2D eigenvalue weighted by Crippen LogP contribution is -2.60. The van der Waals surface area contributed by atoms with Crippen molar-refractivity contribution < 1.29 is 25.5 Å². The molecule has 5 radical (unpaired) electrons. The first kappa shape index (κ1) is 13.4. The van der Waals surface area contributed by atoms with Gasteiger partial charge in [-0.2, -0.15) is 0 Å². The summed E-state index contributed by atoms with van der Waals surface area (Å²) in [6.45, 7) is 3.68. The molecule has 0 spiro atoms. The van der Waals surface area contributed by atoms with E-state index in [1.54, 1.807) is 0 Å². The van der Waals surface area contributed by atoms with E-state index in [1.807, 2.05) is 0 Å². The maximum atomic E-state index is 13.9. The lowest BCUT2D eigenvalue weighted by atomic mass is 9.95. The van der Waals surface area contributed by atoms with Crippen LogP contribution in [0.15, 0.2) is 0 Å². The van der Waals surface area contributed by atoms with Crippen molar-refractivity contribution in [3.63, 3.8) is 0 Å². The van der Waals surface area contributed by atoms with Crippen LogP contribution in [0.3, 0.4) is 0 Å². The molecule has 0 amide bonds. The lowest BCUT2D eigenvalue weighted by molar-refractivity contribution is -0.108. The molecule has 0 aromatic heterocycles. The molecular weight excluding hydrogens is 261 g/mol. The van der Waals surface area contributed by atoms with Gasteiger partial charge in [-0.1, -0.05) is 13.8 Å². The Morgan fingerprint density at radius 2 is 1.60 bits per heavy atom. The molecular formula is C6H10F3O3Si3. The molecule has 3 nitrogen and oxygen atoms in total. The first-order valence-electron chi connectivity index (χ1n) is 4.24. The van der Waals surface area contributed by atoms with Gasteiger partial charge in [0.15, 0.2) is 5.67 Å². The van der Waals surface area contributed by atoms with Crippen LogP contribution in [0.5, 0.6) is 0 Å². The molecule has 0 saturated carbocycles. The van der Waals surface area contributed by atoms with Crippen LogP contribution in [0, 0.1) is 5.92 Å². The number of hydrogen-bond acceptors (Lipinski definition) is 3. The first-order chi connectivity index (χ1) is 6.80. The largest absolute Gasteiger partial charge is 0.450 e. The molecule has 15 heavy (non-hydrogen) atoms. The average Bonchev–Trinajstić information content (AvgIpc) is 2.18. The molecule has 1 atom stereocenters. The number of rotatable bonds is 3. The van der Waals surface area contributed by atoms with E-state index >= 15 is 0 Å². The topological polar surface area (TPSA) is 27.7 Å². The van der Waals surface area contributed by atoms with Gasteiger partial charge >= 0.3 is 34.8 Å². The molecule has 1 heterocycles. The number of alkyl halides is 3. The van der Waals surface area contributed by atoms with Crippen LogP contribution in [0.2, 0.25) is 0 Å². The van der Waals surface area contributed by atoms with Crippen molar-refractivity contribution in [1.82, 2.24) is 0 Å². The zero-order valence-electron chi connectivity index (χ0n) is 8.44. The second kappa shape index (κ2) is 4.67. The minimum atomic E-state index is -3.59. The Hall–Kier alpha value is 0.321. The third-order valence-electron chi connectivity index (χ3n) is 2.31. The predicted octanol–water partition coefficient (Wildman–Crippen LogP) is 1.17. The highest BCUT2D eigenvalue weighted by Gasteiger charge is 2.63. The smallest absolute Gasteiger partial charge is 0.412 e. The van der Waals surface area contributed by atoms with Crippen molar-refractivity contribution in [3.8, 4) is 0 Å². The van der Waals surface area contributed by atoms with E-state index in [9.17, 15) is 13.2 Å². The van der Waals surface area contributed by atoms with Gasteiger partial charge in [-0.3, -0.25) is 0 Å². The molecule has 0 aromatic carbocycles. The SMILES string of the molecule is CC(C)C(C)(F)C(F)(F)[Si]1O[Si]O[Si]O1. The molecule has 1 fully saturated rings. The highest BCUT2D eigenvalue weighted by Crippen LogP contribution is 2.40. The van der Waals surface area contributed by atoms with E-state index in [-0.39, 0.29) is 0 Å². The van der Waals surface area contributed by atoms with Crippen LogP contribution >= 0.6 is 0 Å². The Kier molecular flexibility index (Phi) is 4.17. The zero-order chi connectivity index (χ0) is 11.7. The van der Waals surface area contributed by atoms with Gasteiger partial charge in [0.25, 0.3) is 0 Å². The van der Waals surface area contributed by atoms with Crippen molar-refractivity contribution >= 4 is 29.3 Å². The molecule has 1 unspecified atom stereocenters. The van der Waals surface area contributed by atoms with Gasteiger partial charge in [0.2, 0.25) is 0 Å². The van der Waals surface area contributed by atoms with Crippen molar-refractivity contribution in [3.05, 3.63) is 0 Å². The summed E-state index contributed by atoms with van der Waals surface area (Å²) in [5, 5.41) is 0. The Balaban J connectivity index is 2.79. The highest BCUT2D eigenvalue weighted by atomic mass is 28.4. The maximum Gasteiger partial charge on any atom is 0.450 e. The van der Waals surface area contributed by atoms with Crippen molar-refractivity contribution in [2.24, 2.45) is 5.92 Å². The van der Waals surface area contributed by atoms with Crippen LogP contribution in [0.4, 0.5) is 13.2 Å². The summed E-state index contributed by atoms with van der Waals surface area (Å²) in [6.07, 6.45) is 0. The zero-order valence-corrected chi connectivity index (χ0v) is 11.4. The second-order valence-electron chi connectivity index (χ2n) is 3.56. The van der Waals surface area contributed by atoms with Gasteiger partial charge in [0.05, 0.1) is 0 Å². The van der Waals surface area contributed by atoms with E-state index < -0.39 is 46.4 Å². The van der Waals surface area contributed by atoms with Crippen LogP contribution < -0.4 is 0 Å². The summed E-state index contributed by atoms with van der Waals surface area (Å²) in [5.41, 5.74) is -6.22. The van der Waals surface area contributed by atoms with Gasteiger partial charge in [-0.15, -0.1) is 0 Å². The molecule has 1 aliphatic heterocycles. The third-order valence-corrected chi connectivity index (χ3v) is 6.12. The molecule has 9 heteroatoms. The number of hydrogen-bond donors (Lipinski definition) is 0. The molecule has 0 aliphatic carbocycles. The molecule has 0 N–H and O–H groups in total. The predicted molar refractivity (Wildman–Crippen MR) is 49.8 cm³/mol. The fourth-order valence-corrected chi connectivity index (χ4v) is 4.93. The van der Waals surface area contributed by atoms with Gasteiger partial charge in [0.1, 0.15) is 0 Å². The quantitative estimate of drug-likeness (QED) is 0.721. The van der Waals surface area contributed by atoms with E-state index in [0.717, 1.165) is 6.92 Å². The Morgan fingerprint density at radius 3 is 2.00 bits per heavy atom. The van der Waals surface area contributed by atoms with Crippen LogP contribution in [0.25, 0.3) is 0 Å². The van der Waals surface area contributed by atoms with E-state index in [0.29, 0.717) is 0 Å². The maximum absolute atomic E-state index is 13.9. The fraction of sp³-hybridized carbons (Fsp3) is 1.00. The Bertz CT molecular complexity index is 221. The summed E-state index contributed by atoms with van der Waals surface area (Å²) in [6, 6.07) is 0. The third kappa shape index (κ3) is 2.53. The second-order valence-corrected chi connectivity index (χ2v) is 7.55. The summed E-state index contributed by atoms with van der Waals surface area (Å²) in [5.74, 6) is -0.813. The Labute approximate surface area is 93.3 Å². The molecule has 85 valence electrons. The normalized spacial score (nSPS) is 24.2. The Morgan fingerprint density at radius 1 is 1.13 bits per heavy atom. The van der Waals surface area contributed by atoms with Crippen molar-refractivity contribution in [1.29, 1.82) is 0 Å². The summed E-state index contributed by atoms with van der Waals surface area (Å²) >= 11 is 0. The van der Waals surface area contributed by atoms with E-state index in [1.165, 1.54) is 13.8 Å². The van der Waals surface area contributed by atoms with Gasteiger partial charge < -0.3 is 12.3 Å². The van der Waals surface area contributed by atoms with E-state index in [2.05, 4.69) is 12.3 Å². The van der Waals surface area contributed by atoms with Gasteiger partial charge in [-0.05, 0) is 12.8 Å². The van der Waals surface area contributed by atoms with Gasteiger partial charge in [-0.25, -0.2) is 13.2 Å². The molecule has 0 aromatic rings. The van der Waals surface area contributed by atoms with Crippen molar-refractivity contribution in [2.45, 2.75) is 32.0 Å². The number of halogens is 3. The fourth-order valence-electron chi connectivity index (χ4n) is 0.845. The molecule has 0 bridgehead atoms. The average molecular weight is 271 g/mol. The summed E-state index contributed by atoms with van der Waals surface area (Å²) in [7, 11) is -3.91. The van der Waals surface area contributed by atoms with Crippen LogP contribution in [-0.2, 0) is 12.3 Å². The lowest BCUT2D eigenvalue weighted by Gasteiger charge is -2.36. The summed E-state index contributed by atoms with van der Waals surface area (Å²) in [4.78, 5) is 0. The molecule has 1 saturated heterocycles. The summed E-state index contributed by atoms with van der Waals surface area (Å²) < 4.78 is 55.3. The van der Waals surface area contributed by atoms with Crippen molar-refractivity contribution in [2.75, 3.05) is 0 Å². The standard InChI is InChI=1S/C6H10F3O3Si3/c1-4(2)5(3,7)6(8,9)15-11-13-10-14-12-15/h4H,1-3H3. The molecule has 1 rings (SSSR count). The minimum absolute atomic E-state index is 0.486. The highest BCUT2D eigenvalue weighted by molar-refractivity contribution is 6.63.